The average Bonchev–Trinajstić information content (AvgIpc) is 3.19. The first kappa shape index (κ1) is 22.8. The molecule has 0 bridgehead atoms. The highest BCUT2D eigenvalue weighted by molar-refractivity contribution is 7.90. The highest BCUT2D eigenvalue weighted by Crippen LogP contribution is 2.31. The third-order valence-electron chi connectivity index (χ3n) is 5.75. The molecule has 7 nitrogen and oxygen atoms in total. The molecule has 0 radical (unpaired) electrons. The van der Waals surface area contributed by atoms with E-state index in [0.29, 0.717) is 42.5 Å². The molecule has 0 spiro atoms. The fraction of sp³-hybridized carbons (Fsp3) is 0.391. The maximum atomic E-state index is 13.5. The minimum Gasteiger partial charge on any atom is -0.379 e. The summed E-state index contributed by atoms with van der Waals surface area (Å²) in [7, 11) is -3.32. The number of fused-ring (bicyclic) bond motifs is 1. The van der Waals surface area contributed by atoms with Gasteiger partial charge in [0.25, 0.3) is 5.91 Å². The molecule has 9 heteroatoms. The van der Waals surface area contributed by atoms with Gasteiger partial charge in [0.2, 0.25) is 0 Å². The SMILES string of the molecule is Cc1ccc(C(=O)N(CCN2CCOCC2)c2nc3ccc(S(C)(=O)=O)cc3s2)cc1C. The molecule has 3 aromatic rings. The quantitative estimate of drug-likeness (QED) is 0.547. The van der Waals surface area contributed by atoms with E-state index in [2.05, 4.69) is 9.88 Å². The molecule has 2 heterocycles. The van der Waals surface area contributed by atoms with Crippen molar-refractivity contribution in [2.24, 2.45) is 0 Å². The molecule has 0 saturated carbocycles. The van der Waals surface area contributed by atoms with Crippen molar-refractivity contribution in [3.05, 3.63) is 53.1 Å². The molecule has 2 aromatic carbocycles. The van der Waals surface area contributed by atoms with E-state index >= 15 is 0 Å². The topological polar surface area (TPSA) is 79.8 Å². The van der Waals surface area contributed by atoms with Gasteiger partial charge in [0, 0.05) is 38.0 Å². The Morgan fingerprint density at radius 2 is 1.88 bits per heavy atom. The van der Waals surface area contributed by atoms with Crippen molar-refractivity contribution in [2.45, 2.75) is 18.7 Å². The van der Waals surface area contributed by atoms with Crippen LogP contribution in [0.3, 0.4) is 0 Å². The Morgan fingerprint density at radius 1 is 1.12 bits per heavy atom. The number of ether oxygens (including phenoxy) is 1. The summed E-state index contributed by atoms with van der Waals surface area (Å²) in [6.07, 6.45) is 1.19. The van der Waals surface area contributed by atoms with Crippen molar-refractivity contribution in [1.29, 1.82) is 0 Å². The van der Waals surface area contributed by atoms with Gasteiger partial charge in [-0.25, -0.2) is 13.4 Å². The maximum Gasteiger partial charge on any atom is 0.260 e. The number of rotatable bonds is 6. The number of amides is 1. The lowest BCUT2D eigenvalue weighted by atomic mass is 10.1. The zero-order chi connectivity index (χ0) is 22.9. The summed E-state index contributed by atoms with van der Waals surface area (Å²) >= 11 is 1.34. The van der Waals surface area contributed by atoms with Gasteiger partial charge in [0.1, 0.15) is 0 Å². The number of sulfone groups is 1. The summed E-state index contributed by atoms with van der Waals surface area (Å²) in [5.74, 6) is -0.108. The van der Waals surface area contributed by atoms with Crippen LogP contribution in [0.4, 0.5) is 5.13 Å². The van der Waals surface area contributed by atoms with Gasteiger partial charge in [-0.3, -0.25) is 14.6 Å². The number of aryl methyl sites for hydroxylation is 2. The van der Waals surface area contributed by atoms with Crippen molar-refractivity contribution >= 4 is 42.4 Å². The number of carbonyl (C=O) groups is 1. The lowest BCUT2D eigenvalue weighted by molar-refractivity contribution is 0.0391. The Labute approximate surface area is 192 Å². The van der Waals surface area contributed by atoms with Crippen molar-refractivity contribution < 1.29 is 17.9 Å². The highest BCUT2D eigenvalue weighted by Gasteiger charge is 2.23. The van der Waals surface area contributed by atoms with Gasteiger partial charge < -0.3 is 4.74 Å². The number of carbonyl (C=O) groups excluding carboxylic acids is 1. The summed E-state index contributed by atoms with van der Waals surface area (Å²) < 4.78 is 30.1. The van der Waals surface area contributed by atoms with E-state index in [-0.39, 0.29) is 10.8 Å². The number of aromatic nitrogens is 1. The molecular weight excluding hydrogens is 446 g/mol. The Bertz CT molecular complexity index is 1250. The summed E-state index contributed by atoms with van der Waals surface area (Å²) in [5, 5.41) is 0.571. The van der Waals surface area contributed by atoms with Crippen LogP contribution in [0.25, 0.3) is 10.2 Å². The van der Waals surface area contributed by atoms with Crippen LogP contribution in [0.1, 0.15) is 21.5 Å². The molecule has 1 aromatic heterocycles. The Hall–Kier alpha value is -2.33. The van der Waals surface area contributed by atoms with Gasteiger partial charge in [-0.2, -0.15) is 0 Å². The molecule has 170 valence electrons. The van der Waals surface area contributed by atoms with E-state index < -0.39 is 9.84 Å². The molecule has 1 aliphatic rings. The summed E-state index contributed by atoms with van der Waals surface area (Å²) in [6, 6.07) is 10.6. The minimum absolute atomic E-state index is 0.108. The van der Waals surface area contributed by atoms with Gasteiger partial charge in [-0.05, 0) is 55.3 Å². The maximum absolute atomic E-state index is 13.5. The van der Waals surface area contributed by atoms with E-state index in [1.807, 2.05) is 32.0 Å². The van der Waals surface area contributed by atoms with E-state index in [0.717, 1.165) is 28.9 Å². The lowest BCUT2D eigenvalue weighted by Crippen LogP contribution is -2.43. The monoisotopic (exact) mass is 473 g/mol. The van der Waals surface area contributed by atoms with Gasteiger partial charge in [-0.15, -0.1) is 0 Å². The summed E-state index contributed by atoms with van der Waals surface area (Å²) in [4.78, 5) is 22.5. The fourth-order valence-electron chi connectivity index (χ4n) is 3.62. The van der Waals surface area contributed by atoms with Gasteiger partial charge >= 0.3 is 0 Å². The zero-order valence-electron chi connectivity index (χ0n) is 18.5. The van der Waals surface area contributed by atoms with Gasteiger partial charge in [-0.1, -0.05) is 17.4 Å². The van der Waals surface area contributed by atoms with Crippen LogP contribution in [0.15, 0.2) is 41.3 Å². The molecule has 0 unspecified atom stereocenters. The van der Waals surface area contributed by atoms with Crippen LogP contribution >= 0.6 is 11.3 Å². The Kier molecular flexibility index (Phi) is 6.62. The first-order valence-electron chi connectivity index (χ1n) is 10.5. The van der Waals surface area contributed by atoms with Crippen LogP contribution in [-0.2, 0) is 14.6 Å². The predicted octanol–water partition coefficient (Wildman–Crippen LogP) is 3.30. The van der Waals surface area contributed by atoms with Crippen molar-refractivity contribution in [1.82, 2.24) is 9.88 Å². The Morgan fingerprint density at radius 3 is 2.56 bits per heavy atom. The number of anilines is 1. The molecule has 1 saturated heterocycles. The van der Waals surface area contributed by atoms with E-state index in [1.165, 1.54) is 17.6 Å². The highest BCUT2D eigenvalue weighted by atomic mass is 32.2. The molecule has 4 rings (SSSR count). The van der Waals surface area contributed by atoms with E-state index in [4.69, 9.17) is 4.74 Å². The summed E-state index contributed by atoms with van der Waals surface area (Å²) in [5.41, 5.74) is 3.49. The number of hydrogen-bond donors (Lipinski definition) is 0. The second kappa shape index (κ2) is 9.27. The first-order chi connectivity index (χ1) is 15.2. The van der Waals surface area contributed by atoms with Crippen LogP contribution in [-0.4, -0.2) is 69.9 Å². The molecule has 0 aliphatic carbocycles. The molecule has 1 fully saturated rings. The number of hydrogen-bond acceptors (Lipinski definition) is 7. The molecule has 0 N–H and O–H groups in total. The predicted molar refractivity (Wildman–Crippen MR) is 128 cm³/mol. The first-order valence-corrected chi connectivity index (χ1v) is 13.2. The van der Waals surface area contributed by atoms with E-state index in [1.54, 1.807) is 23.1 Å². The second-order valence-electron chi connectivity index (χ2n) is 8.11. The second-order valence-corrected chi connectivity index (χ2v) is 11.1. The fourth-order valence-corrected chi connectivity index (χ4v) is 5.37. The average molecular weight is 474 g/mol. The number of benzene rings is 2. The van der Waals surface area contributed by atoms with Crippen LogP contribution in [0.2, 0.25) is 0 Å². The molecular formula is C23H27N3O4S2. The van der Waals surface area contributed by atoms with Crippen molar-refractivity contribution in [3.8, 4) is 0 Å². The third kappa shape index (κ3) is 5.01. The van der Waals surface area contributed by atoms with E-state index in [9.17, 15) is 13.2 Å². The number of thiazole rings is 1. The van der Waals surface area contributed by atoms with Gasteiger partial charge in [0.05, 0.1) is 28.3 Å². The normalized spacial score (nSPS) is 15.2. The lowest BCUT2D eigenvalue weighted by Gasteiger charge is -2.29. The number of nitrogens with zero attached hydrogens (tertiary/aromatic N) is 3. The zero-order valence-corrected chi connectivity index (χ0v) is 20.1. The molecule has 32 heavy (non-hydrogen) atoms. The third-order valence-corrected chi connectivity index (χ3v) is 7.90. The molecule has 0 atom stereocenters. The molecule has 1 amide bonds. The number of morpholine rings is 1. The standard InChI is InChI=1S/C23H27N3O4S2/c1-16-4-5-18(14-17(16)2)22(27)26(9-8-25-10-12-30-13-11-25)23-24-20-7-6-19(32(3,28)29)15-21(20)31-23/h4-7,14-15H,8-13H2,1-3H3. The minimum atomic E-state index is -3.32. The Balaban J connectivity index is 1.68. The van der Waals surface area contributed by atoms with Crippen molar-refractivity contribution in [3.63, 3.8) is 0 Å². The van der Waals surface area contributed by atoms with Crippen LogP contribution in [0, 0.1) is 13.8 Å². The van der Waals surface area contributed by atoms with Crippen LogP contribution in [0.5, 0.6) is 0 Å². The largest absolute Gasteiger partial charge is 0.379 e. The van der Waals surface area contributed by atoms with Gasteiger partial charge in [0.15, 0.2) is 15.0 Å². The summed E-state index contributed by atoms with van der Waals surface area (Å²) in [6.45, 7) is 8.28. The van der Waals surface area contributed by atoms with Crippen molar-refractivity contribution in [2.75, 3.05) is 50.5 Å². The van der Waals surface area contributed by atoms with Crippen LogP contribution < -0.4 is 4.90 Å². The molecule has 1 aliphatic heterocycles. The smallest absolute Gasteiger partial charge is 0.260 e.